The molecule has 0 radical (unpaired) electrons. The molecule has 1 unspecified atom stereocenters. The van der Waals surface area contributed by atoms with E-state index in [1.165, 1.54) is 5.56 Å². The lowest BCUT2D eigenvalue weighted by Crippen LogP contribution is -2.22. The number of benzene rings is 2. The van der Waals surface area contributed by atoms with E-state index in [1.54, 1.807) is 24.3 Å². The molecule has 0 saturated carbocycles. The average Bonchev–Trinajstić information content (AvgIpc) is 2.72. The quantitative estimate of drug-likeness (QED) is 0.640. The number of H-pyrrole nitrogens is 1. The van der Waals surface area contributed by atoms with E-state index in [-0.39, 0.29) is 5.69 Å². The van der Waals surface area contributed by atoms with Crippen LogP contribution in [0.25, 0.3) is 10.8 Å². The molecule has 7 heteroatoms. The molecule has 2 aromatic carbocycles. The van der Waals surface area contributed by atoms with Gasteiger partial charge in [0.15, 0.2) is 12.3 Å². The second-order valence-electron chi connectivity index (χ2n) is 6.50. The van der Waals surface area contributed by atoms with E-state index in [0.29, 0.717) is 22.4 Å². The van der Waals surface area contributed by atoms with Gasteiger partial charge in [0.05, 0.1) is 5.39 Å². The van der Waals surface area contributed by atoms with Crippen molar-refractivity contribution in [3.8, 4) is 0 Å². The van der Waals surface area contributed by atoms with Crippen molar-refractivity contribution < 1.29 is 14.3 Å². The molecule has 144 valence electrons. The summed E-state index contributed by atoms with van der Waals surface area (Å²) < 4.78 is 5.05. The third-order valence-corrected chi connectivity index (χ3v) is 4.60. The Hall–Kier alpha value is -3.48. The zero-order valence-electron chi connectivity index (χ0n) is 15.7. The Morgan fingerprint density at radius 1 is 1.11 bits per heavy atom. The number of carbonyl (C=O) groups excluding carboxylic acids is 2. The van der Waals surface area contributed by atoms with Crippen molar-refractivity contribution in [1.29, 1.82) is 0 Å². The Balaban J connectivity index is 1.63. The van der Waals surface area contributed by atoms with E-state index >= 15 is 0 Å². The van der Waals surface area contributed by atoms with Crippen LogP contribution in [0.3, 0.4) is 0 Å². The Morgan fingerprint density at radius 2 is 1.79 bits per heavy atom. The number of aromatic nitrogens is 2. The first-order valence-corrected chi connectivity index (χ1v) is 9.04. The van der Waals surface area contributed by atoms with Crippen LogP contribution >= 0.6 is 0 Å². The summed E-state index contributed by atoms with van der Waals surface area (Å²) in [5.74, 6) is -0.793. The minimum absolute atomic E-state index is 0.0408. The Bertz CT molecular complexity index is 1060. The highest BCUT2D eigenvalue weighted by molar-refractivity contribution is 6.03. The van der Waals surface area contributed by atoms with Crippen LogP contribution in [-0.2, 0) is 9.53 Å². The minimum atomic E-state index is -0.783. The summed E-state index contributed by atoms with van der Waals surface area (Å²) in [6, 6.07) is 14.1. The van der Waals surface area contributed by atoms with Crippen LogP contribution in [0.1, 0.15) is 42.2 Å². The second kappa shape index (κ2) is 8.47. The minimum Gasteiger partial charge on any atom is -0.451 e. The highest BCUT2D eigenvalue weighted by Crippen LogP contribution is 2.20. The van der Waals surface area contributed by atoms with Crippen molar-refractivity contribution in [2.24, 2.45) is 0 Å². The zero-order chi connectivity index (χ0) is 20.1. The van der Waals surface area contributed by atoms with Crippen LogP contribution in [0.4, 0.5) is 5.69 Å². The first-order chi connectivity index (χ1) is 13.5. The Kier molecular flexibility index (Phi) is 5.84. The normalized spacial score (nSPS) is 11.8. The molecule has 28 heavy (non-hydrogen) atoms. The fourth-order valence-corrected chi connectivity index (χ4v) is 2.80. The SMILES string of the molecule is CCC(C)c1ccc(NC(=O)COC(=O)c2n[nH]c(=O)c3ccccc23)cc1. The molecule has 1 amide bonds. The van der Waals surface area contributed by atoms with Gasteiger partial charge in [-0.15, -0.1) is 0 Å². The third kappa shape index (κ3) is 4.25. The molecule has 1 atom stereocenters. The second-order valence-corrected chi connectivity index (χ2v) is 6.50. The maximum absolute atomic E-state index is 12.3. The predicted octanol–water partition coefficient (Wildman–Crippen LogP) is 3.23. The van der Waals surface area contributed by atoms with Crippen molar-refractivity contribution >= 4 is 28.3 Å². The number of carbonyl (C=O) groups is 2. The van der Waals surface area contributed by atoms with Crippen LogP contribution in [0.2, 0.25) is 0 Å². The van der Waals surface area contributed by atoms with Crippen LogP contribution in [0.15, 0.2) is 53.3 Å². The Labute approximate surface area is 161 Å². The standard InChI is InChI=1S/C21H21N3O4/c1-3-13(2)14-8-10-15(11-9-14)22-18(25)12-28-21(27)19-16-6-4-5-7-17(16)20(26)24-23-19/h4-11,13H,3,12H2,1-2H3,(H,22,25)(H,24,26). The van der Waals surface area contributed by atoms with Gasteiger partial charge in [-0.1, -0.05) is 44.2 Å². The van der Waals surface area contributed by atoms with Crippen molar-refractivity contribution in [3.05, 3.63) is 70.1 Å². The average molecular weight is 379 g/mol. The number of amides is 1. The molecule has 1 aromatic heterocycles. The number of hydrogen-bond donors (Lipinski definition) is 2. The predicted molar refractivity (Wildman–Crippen MR) is 106 cm³/mol. The summed E-state index contributed by atoms with van der Waals surface area (Å²) in [6.07, 6.45) is 1.04. The fraction of sp³-hybridized carbons (Fsp3) is 0.238. The summed E-state index contributed by atoms with van der Waals surface area (Å²) in [7, 11) is 0. The molecule has 3 aromatic rings. The number of fused-ring (bicyclic) bond motifs is 1. The van der Waals surface area contributed by atoms with Crippen LogP contribution in [0, 0.1) is 0 Å². The van der Waals surface area contributed by atoms with Crippen molar-refractivity contribution in [3.63, 3.8) is 0 Å². The van der Waals surface area contributed by atoms with E-state index in [1.807, 2.05) is 24.3 Å². The molecule has 0 aliphatic heterocycles. The number of hydrogen-bond acceptors (Lipinski definition) is 5. The van der Waals surface area contributed by atoms with E-state index < -0.39 is 24.0 Å². The molecule has 1 heterocycles. The summed E-state index contributed by atoms with van der Waals surface area (Å²) in [5, 5.41) is 9.41. The number of esters is 1. The number of nitrogens with zero attached hydrogens (tertiary/aromatic N) is 1. The summed E-state index contributed by atoms with van der Waals surface area (Å²) in [6.45, 7) is 3.80. The number of anilines is 1. The van der Waals surface area contributed by atoms with Gasteiger partial charge in [0.2, 0.25) is 0 Å². The van der Waals surface area contributed by atoms with Crippen molar-refractivity contribution in [2.75, 3.05) is 11.9 Å². The van der Waals surface area contributed by atoms with Crippen LogP contribution in [-0.4, -0.2) is 28.7 Å². The molecular weight excluding hydrogens is 358 g/mol. The number of rotatable bonds is 6. The van der Waals surface area contributed by atoms with E-state index in [2.05, 4.69) is 29.4 Å². The Morgan fingerprint density at radius 3 is 2.46 bits per heavy atom. The maximum Gasteiger partial charge on any atom is 0.359 e. The van der Waals surface area contributed by atoms with Gasteiger partial charge in [-0.25, -0.2) is 9.89 Å². The lowest BCUT2D eigenvalue weighted by atomic mass is 9.99. The first kappa shape index (κ1) is 19.3. The van der Waals surface area contributed by atoms with Crippen LogP contribution in [0.5, 0.6) is 0 Å². The number of ether oxygens (including phenoxy) is 1. The number of nitrogens with one attached hydrogen (secondary N) is 2. The fourth-order valence-electron chi connectivity index (χ4n) is 2.80. The van der Waals surface area contributed by atoms with E-state index in [4.69, 9.17) is 4.74 Å². The zero-order valence-corrected chi connectivity index (χ0v) is 15.7. The van der Waals surface area contributed by atoms with Gasteiger partial charge in [-0.3, -0.25) is 9.59 Å². The first-order valence-electron chi connectivity index (χ1n) is 9.04. The molecule has 0 aliphatic rings. The molecule has 2 N–H and O–H groups in total. The van der Waals surface area contributed by atoms with E-state index in [9.17, 15) is 14.4 Å². The van der Waals surface area contributed by atoms with Gasteiger partial charge < -0.3 is 10.1 Å². The van der Waals surface area contributed by atoms with Gasteiger partial charge in [0.25, 0.3) is 11.5 Å². The largest absolute Gasteiger partial charge is 0.451 e. The summed E-state index contributed by atoms with van der Waals surface area (Å²) in [5.41, 5.74) is 1.38. The molecule has 0 spiro atoms. The van der Waals surface area contributed by atoms with Gasteiger partial charge in [0, 0.05) is 11.1 Å². The molecule has 0 fully saturated rings. The summed E-state index contributed by atoms with van der Waals surface area (Å²) >= 11 is 0. The molecule has 0 aliphatic carbocycles. The monoisotopic (exact) mass is 379 g/mol. The molecular formula is C21H21N3O4. The summed E-state index contributed by atoms with van der Waals surface area (Å²) in [4.78, 5) is 36.1. The van der Waals surface area contributed by atoms with Gasteiger partial charge >= 0.3 is 5.97 Å². The number of aromatic amines is 1. The lowest BCUT2D eigenvalue weighted by Gasteiger charge is -2.11. The highest BCUT2D eigenvalue weighted by atomic mass is 16.5. The molecule has 0 saturated heterocycles. The smallest absolute Gasteiger partial charge is 0.359 e. The van der Waals surface area contributed by atoms with E-state index in [0.717, 1.165) is 6.42 Å². The molecule has 0 bridgehead atoms. The third-order valence-electron chi connectivity index (χ3n) is 4.60. The van der Waals surface area contributed by atoms with Gasteiger partial charge in [0.1, 0.15) is 0 Å². The van der Waals surface area contributed by atoms with Crippen molar-refractivity contribution in [2.45, 2.75) is 26.2 Å². The topological polar surface area (TPSA) is 101 Å². The van der Waals surface area contributed by atoms with Crippen molar-refractivity contribution in [1.82, 2.24) is 10.2 Å². The maximum atomic E-state index is 12.3. The lowest BCUT2D eigenvalue weighted by molar-refractivity contribution is -0.119. The van der Waals surface area contributed by atoms with Gasteiger partial charge in [-0.2, -0.15) is 5.10 Å². The highest BCUT2D eigenvalue weighted by Gasteiger charge is 2.17. The molecule has 3 rings (SSSR count). The molecule has 7 nitrogen and oxygen atoms in total. The van der Waals surface area contributed by atoms with Crippen LogP contribution < -0.4 is 10.9 Å². The van der Waals surface area contributed by atoms with Gasteiger partial charge in [-0.05, 0) is 36.1 Å².